The molecule has 2 amide bonds. The van der Waals surface area contributed by atoms with Crippen molar-refractivity contribution in [2.75, 3.05) is 25.0 Å². The molecule has 27 heavy (non-hydrogen) atoms. The fourth-order valence-electron chi connectivity index (χ4n) is 3.46. The summed E-state index contributed by atoms with van der Waals surface area (Å²) in [6, 6.07) is 9.02. The van der Waals surface area contributed by atoms with Gasteiger partial charge in [-0.05, 0) is 69.1 Å². The van der Waals surface area contributed by atoms with Crippen LogP contribution in [0.25, 0.3) is 0 Å². The molecule has 6 heteroatoms. The maximum Gasteiger partial charge on any atom is 0.291 e. The third-order valence-corrected chi connectivity index (χ3v) is 4.95. The second-order valence-electron chi connectivity index (χ2n) is 6.94. The molecular formula is C21H27N3O3. The number of hydrogen-bond acceptors (Lipinski definition) is 4. The topological polar surface area (TPSA) is 74.6 Å². The summed E-state index contributed by atoms with van der Waals surface area (Å²) in [6.07, 6.45) is 4.33. The molecule has 1 aromatic carbocycles. The number of nitrogens with zero attached hydrogens (tertiary/aromatic N) is 1. The van der Waals surface area contributed by atoms with Crippen LogP contribution in [0, 0.1) is 6.92 Å². The van der Waals surface area contributed by atoms with E-state index >= 15 is 0 Å². The summed E-state index contributed by atoms with van der Waals surface area (Å²) in [5, 5.41) is 6.19. The molecule has 1 aromatic heterocycles. The number of rotatable bonds is 6. The van der Waals surface area contributed by atoms with Crippen LogP contribution in [0.1, 0.15) is 52.7 Å². The van der Waals surface area contributed by atoms with E-state index in [1.54, 1.807) is 18.2 Å². The van der Waals surface area contributed by atoms with Crippen molar-refractivity contribution in [3.05, 3.63) is 53.5 Å². The van der Waals surface area contributed by atoms with Crippen molar-refractivity contribution in [2.24, 2.45) is 0 Å². The molecule has 0 aliphatic carbocycles. The Balaban J connectivity index is 1.80. The Morgan fingerprint density at radius 2 is 2.04 bits per heavy atom. The van der Waals surface area contributed by atoms with E-state index in [1.807, 2.05) is 24.0 Å². The molecule has 3 rings (SSSR count). The third-order valence-electron chi connectivity index (χ3n) is 4.95. The van der Waals surface area contributed by atoms with Gasteiger partial charge >= 0.3 is 0 Å². The zero-order valence-corrected chi connectivity index (χ0v) is 16.0. The first kappa shape index (κ1) is 19.2. The van der Waals surface area contributed by atoms with E-state index in [4.69, 9.17) is 4.42 Å². The smallest absolute Gasteiger partial charge is 0.291 e. The van der Waals surface area contributed by atoms with Gasteiger partial charge in [-0.1, -0.05) is 13.0 Å². The summed E-state index contributed by atoms with van der Waals surface area (Å²) in [5.74, 6) is -0.0536. The summed E-state index contributed by atoms with van der Waals surface area (Å²) in [7, 11) is 0. The van der Waals surface area contributed by atoms with E-state index in [-0.39, 0.29) is 23.6 Å². The van der Waals surface area contributed by atoms with Crippen LogP contribution in [0.2, 0.25) is 0 Å². The minimum atomic E-state index is -0.323. The van der Waals surface area contributed by atoms with Crippen molar-refractivity contribution in [2.45, 2.75) is 39.2 Å². The summed E-state index contributed by atoms with van der Waals surface area (Å²) in [6.45, 7) is 6.62. The Kier molecular flexibility index (Phi) is 6.29. The molecule has 2 N–H and O–H groups in total. The Bertz CT molecular complexity index is 780. The van der Waals surface area contributed by atoms with Crippen LogP contribution in [-0.2, 0) is 0 Å². The van der Waals surface area contributed by atoms with Crippen LogP contribution < -0.4 is 10.6 Å². The van der Waals surface area contributed by atoms with E-state index < -0.39 is 0 Å². The lowest BCUT2D eigenvalue weighted by atomic mass is 10.0. The molecule has 0 spiro atoms. The Morgan fingerprint density at radius 3 is 2.70 bits per heavy atom. The van der Waals surface area contributed by atoms with E-state index in [2.05, 4.69) is 17.6 Å². The number of benzene rings is 1. The van der Waals surface area contributed by atoms with E-state index in [9.17, 15) is 9.59 Å². The number of carbonyl (C=O) groups is 2. The lowest BCUT2D eigenvalue weighted by Crippen LogP contribution is -2.46. The quantitative estimate of drug-likeness (QED) is 0.818. The number of nitrogens with one attached hydrogen (secondary N) is 2. The molecule has 0 radical (unpaired) electrons. The van der Waals surface area contributed by atoms with Gasteiger partial charge < -0.3 is 20.0 Å². The van der Waals surface area contributed by atoms with E-state index in [0.29, 0.717) is 11.3 Å². The summed E-state index contributed by atoms with van der Waals surface area (Å²) < 4.78 is 5.14. The predicted molar refractivity (Wildman–Crippen MR) is 105 cm³/mol. The first-order valence-corrected chi connectivity index (χ1v) is 9.57. The molecule has 0 atom stereocenters. The average Bonchev–Trinajstić information content (AvgIpc) is 3.23. The Hall–Kier alpha value is -2.60. The van der Waals surface area contributed by atoms with Crippen molar-refractivity contribution >= 4 is 17.5 Å². The Morgan fingerprint density at radius 1 is 1.26 bits per heavy atom. The number of carbonyl (C=O) groups excluding carboxylic acids is 2. The number of piperidine rings is 1. The summed E-state index contributed by atoms with van der Waals surface area (Å²) >= 11 is 0. The largest absolute Gasteiger partial charge is 0.459 e. The third kappa shape index (κ3) is 4.57. The lowest BCUT2D eigenvalue weighted by molar-refractivity contribution is 0.0642. The molecule has 0 unspecified atom stereocenters. The van der Waals surface area contributed by atoms with Crippen molar-refractivity contribution in [3.8, 4) is 0 Å². The number of furan rings is 1. The maximum absolute atomic E-state index is 13.2. The Labute approximate surface area is 159 Å². The van der Waals surface area contributed by atoms with E-state index in [0.717, 1.165) is 44.5 Å². The zero-order valence-electron chi connectivity index (χ0n) is 16.0. The highest BCUT2D eigenvalue weighted by atomic mass is 16.3. The summed E-state index contributed by atoms with van der Waals surface area (Å²) in [5.41, 5.74) is 2.13. The van der Waals surface area contributed by atoms with Gasteiger partial charge in [-0.25, -0.2) is 0 Å². The second kappa shape index (κ2) is 8.86. The molecule has 6 nitrogen and oxygen atoms in total. The maximum atomic E-state index is 13.2. The van der Waals surface area contributed by atoms with Crippen LogP contribution in [-0.4, -0.2) is 42.4 Å². The van der Waals surface area contributed by atoms with Crippen molar-refractivity contribution in [1.29, 1.82) is 0 Å². The predicted octanol–water partition coefficient (Wildman–Crippen LogP) is 3.44. The van der Waals surface area contributed by atoms with Gasteiger partial charge in [0.1, 0.15) is 0 Å². The normalized spacial score (nSPS) is 14.7. The highest BCUT2D eigenvalue weighted by molar-refractivity contribution is 6.04. The molecule has 1 saturated heterocycles. The number of anilines is 1. The van der Waals surface area contributed by atoms with Crippen molar-refractivity contribution in [1.82, 2.24) is 10.2 Å². The van der Waals surface area contributed by atoms with Crippen molar-refractivity contribution in [3.63, 3.8) is 0 Å². The second-order valence-corrected chi connectivity index (χ2v) is 6.94. The molecule has 1 aliphatic heterocycles. The SMILES string of the molecule is CCCN(C(=O)c1ccc(C)c(NC(=O)c2ccco2)c1)C1CCNCC1. The van der Waals surface area contributed by atoms with Gasteiger partial charge in [-0.3, -0.25) is 9.59 Å². The fourth-order valence-corrected chi connectivity index (χ4v) is 3.46. The lowest BCUT2D eigenvalue weighted by Gasteiger charge is -2.34. The molecule has 144 valence electrons. The molecule has 0 bridgehead atoms. The minimum absolute atomic E-state index is 0.0252. The molecule has 1 fully saturated rings. The van der Waals surface area contributed by atoms with Gasteiger partial charge in [0.05, 0.1) is 6.26 Å². The first-order chi connectivity index (χ1) is 13.1. The van der Waals surface area contributed by atoms with Gasteiger partial charge in [0.15, 0.2) is 5.76 Å². The average molecular weight is 369 g/mol. The van der Waals surface area contributed by atoms with Gasteiger partial charge in [-0.2, -0.15) is 0 Å². The highest BCUT2D eigenvalue weighted by Gasteiger charge is 2.26. The molecule has 0 saturated carbocycles. The standard InChI is InChI=1S/C21H27N3O3/c1-3-12-24(17-8-10-22-11-9-17)21(26)16-7-6-15(2)18(14-16)23-20(25)19-5-4-13-27-19/h4-7,13-14,17,22H,3,8-12H2,1-2H3,(H,23,25). The fraction of sp³-hybridized carbons (Fsp3) is 0.429. The van der Waals surface area contributed by atoms with Gasteiger partial charge in [0.25, 0.3) is 11.8 Å². The molecule has 2 aromatic rings. The van der Waals surface area contributed by atoms with Gasteiger partial charge in [-0.15, -0.1) is 0 Å². The van der Waals surface area contributed by atoms with Crippen LogP contribution in [0.3, 0.4) is 0 Å². The van der Waals surface area contributed by atoms with Crippen molar-refractivity contribution < 1.29 is 14.0 Å². The van der Waals surface area contributed by atoms with Gasteiger partial charge in [0.2, 0.25) is 0 Å². The van der Waals surface area contributed by atoms with Crippen LogP contribution in [0.5, 0.6) is 0 Å². The number of aryl methyl sites for hydroxylation is 1. The molecule has 2 heterocycles. The molecule has 1 aliphatic rings. The molecular weight excluding hydrogens is 342 g/mol. The summed E-state index contributed by atoms with van der Waals surface area (Å²) in [4.78, 5) is 27.5. The minimum Gasteiger partial charge on any atom is -0.459 e. The zero-order chi connectivity index (χ0) is 19.2. The number of amides is 2. The monoisotopic (exact) mass is 369 g/mol. The van der Waals surface area contributed by atoms with Crippen LogP contribution in [0.15, 0.2) is 41.0 Å². The van der Waals surface area contributed by atoms with Gasteiger partial charge in [0, 0.05) is 23.8 Å². The number of hydrogen-bond donors (Lipinski definition) is 2. The van der Waals surface area contributed by atoms with Crippen LogP contribution >= 0.6 is 0 Å². The highest BCUT2D eigenvalue weighted by Crippen LogP contribution is 2.22. The first-order valence-electron chi connectivity index (χ1n) is 9.57. The van der Waals surface area contributed by atoms with Crippen LogP contribution in [0.4, 0.5) is 5.69 Å². The van der Waals surface area contributed by atoms with E-state index in [1.165, 1.54) is 6.26 Å².